The molecule has 0 saturated carbocycles. The molecule has 1 saturated heterocycles. The van der Waals surface area contributed by atoms with Crippen molar-refractivity contribution < 1.29 is 9.53 Å². The van der Waals surface area contributed by atoms with E-state index in [0.29, 0.717) is 12.3 Å². The molecule has 0 bridgehead atoms. The summed E-state index contributed by atoms with van der Waals surface area (Å²) in [6.45, 7) is 0.731. The second-order valence-electron chi connectivity index (χ2n) is 4.48. The number of carbonyl (C=O) groups excluding carboxylic acids is 1. The highest BCUT2D eigenvalue weighted by Crippen LogP contribution is 2.42. The van der Waals surface area contributed by atoms with Crippen LogP contribution in [0.2, 0.25) is 0 Å². The molecule has 0 aromatic heterocycles. The lowest BCUT2D eigenvalue weighted by molar-refractivity contribution is -0.114. The topological polar surface area (TPSA) is 26.3 Å². The third-order valence-corrected chi connectivity index (χ3v) is 3.50. The summed E-state index contributed by atoms with van der Waals surface area (Å²) >= 11 is 0. The van der Waals surface area contributed by atoms with Crippen molar-refractivity contribution >= 4 is 5.78 Å². The fourth-order valence-electron chi connectivity index (χ4n) is 2.74. The third kappa shape index (κ3) is 1.54. The van der Waals surface area contributed by atoms with Crippen molar-refractivity contribution in [1.82, 2.24) is 0 Å². The molecule has 16 heavy (non-hydrogen) atoms. The largest absolute Gasteiger partial charge is 0.497 e. The van der Waals surface area contributed by atoms with E-state index in [2.05, 4.69) is 24.3 Å². The van der Waals surface area contributed by atoms with Crippen molar-refractivity contribution in [2.45, 2.75) is 18.8 Å². The molecule has 1 fully saturated rings. The Bertz CT molecular complexity index is 433. The van der Waals surface area contributed by atoms with E-state index in [1.807, 2.05) is 6.07 Å². The second-order valence-corrected chi connectivity index (χ2v) is 4.48. The quantitative estimate of drug-likeness (QED) is 0.718. The molecule has 0 spiro atoms. The molecule has 0 N–H and O–H groups in total. The molecule has 0 unspecified atom stereocenters. The predicted octanol–water partition coefficient (Wildman–Crippen LogP) is 2.66. The second kappa shape index (κ2) is 3.78. The van der Waals surface area contributed by atoms with Gasteiger partial charge < -0.3 is 4.74 Å². The standard InChI is InChI=1S/C14H14O2/c15-11-8-13-12(6-7-16-14(13)9-11)10-4-2-1-3-5-10/h1-5,9,12-13H,6-8H2/t12-,13+/m1/s1. The molecule has 1 heterocycles. The zero-order valence-electron chi connectivity index (χ0n) is 9.06. The number of ether oxygens (including phenoxy) is 1. The smallest absolute Gasteiger partial charge is 0.159 e. The minimum atomic E-state index is 0.211. The molecule has 2 aliphatic rings. The molecular weight excluding hydrogens is 200 g/mol. The lowest BCUT2D eigenvalue weighted by Gasteiger charge is -2.30. The van der Waals surface area contributed by atoms with Gasteiger partial charge in [0.05, 0.1) is 6.61 Å². The SMILES string of the molecule is O=C1C=C2OCC[C@H](c3ccccc3)[C@@H]2C1. The van der Waals surface area contributed by atoms with Gasteiger partial charge in [0.25, 0.3) is 0 Å². The molecule has 1 aromatic carbocycles. The molecule has 3 rings (SSSR count). The lowest BCUT2D eigenvalue weighted by Crippen LogP contribution is -2.22. The summed E-state index contributed by atoms with van der Waals surface area (Å²) in [6.07, 6.45) is 3.31. The van der Waals surface area contributed by atoms with E-state index in [4.69, 9.17) is 4.74 Å². The van der Waals surface area contributed by atoms with Crippen LogP contribution in [0.5, 0.6) is 0 Å². The first-order valence-corrected chi connectivity index (χ1v) is 5.77. The number of hydrogen-bond acceptors (Lipinski definition) is 2. The van der Waals surface area contributed by atoms with E-state index in [1.165, 1.54) is 5.56 Å². The van der Waals surface area contributed by atoms with Crippen molar-refractivity contribution in [2.75, 3.05) is 6.61 Å². The normalized spacial score (nSPS) is 28.2. The highest BCUT2D eigenvalue weighted by Gasteiger charge is 2.36. The molecule has 1 aliphatic heterocycles. The Balaban J connectivity index is 1.92. The average Bonchev–Trinajstić information content (AvgIpc) is 2.70. The van der Waals surface area contributed by atoms with E-state index in [9.17, 15) is 4.79 Å². The number of rotatable bonds is 1. The zero-order chi connectivity index (χ0) is 11.0. The van der Waals surface area contributed by atoms with Crippen molar-refractivity contribution in [3.63, 3.8) is 0 Å². The summed E-state index contributed by atoms with van der Waals surface area (Å²) in [7, 11) is 0. The van der Waals surface area contributed by atoms with Crippen LogP contribution < -0.4 is 0 Å². The first kappa shape index (κ1) is 9.64. The van der Waals surface area contributed by atoms with Crippen LogP contribution in [-0.4, -0.2) is 12.4 Å². The Morgan fingerprint density at radius 3 is 2.75 bits per heavy atom. The first-order chi connectivity index (χ1) is 7.84. The van der Waals surface area contributed by atoms with Gasteiger partial charge >= 0.3 is 0 Å². The molecular formula is C14H14O2. The van der Waals surface area contributed by atoms with Crippen molar-refractivity contribution in [2.24, 2.45) is 5.92 Å². The molecule has 2 heteroatoms. The van der Waals surface area contributed by atoms with Gasteiger partial charge in [0, 0.05) is 18.4 Å². The van der Waals surface area contributed by atoms with Gasteiger partial charge in [0.2, 0.25) is 0 Å². The van der Waals surface area contributed by atoms with Gasteiger partial charge in [-0.15, -0.1) is 0 Å². The number of allylic oxidation sites excluding steroid dienone is 2. The number of benzene rings is 1. The minimum absolute atomic E-state index is 0.211. The number of fused-ring (bicyclic) bond motifs is 1. The number of carbonyl (C=O) groups is 1. The first-order valence-electron chi connectivity index (χ1n) is 5.77. The molecule has 1 aromatic rings. The van der Waals surface area contributed by atoms with Crippen molar-refractivity contribution in [3.05, 3.63) is 47.7 Å². The summed E-state index contributed by atoms with van der Waals surface area (Å²) in [5.41, 5.74) is 1.33. The summed E-state index contributed by atoms with van der Waals surface area (Å²) in [5.74, 6) is 1.85. The maximum atomic E-state index is 11.4. The maximum absolute atomic E-state index is 11.4. The Hall–Kier alpha value is -1.57. The van der Waals surface area contributed by atoms with Gasteiger partial charge in [-0.05, 0) is 17.9 Å². The summed E-state index contributed by atoms with van der Waals surface area (Å²) in [4.78, 5) is 11.4. The van der Waals surface area contributed by atoms with E-state index >= 15 is 0 Å². The van der Waals surface area contributed by atoms with Crippen LogP contribution in [0.15, 0.2) is 42.2 Å². The van der Waals surface area contributed by atoms with Gasteiger partial charge in [-0.1, -0.05) is 30.3 Å². The van der Waals surface area contributed by atoms with Crippen LogP contribution in [0.1, 0.15) is 24.3 Å². The van der Waals surface area contributed by atoms with Crippen LogP contribution in [0.25, 0.3) is 0 Å². The number of ketones is 1. The zero-order valence-corrected chi connectivity index (χ0v) is 9.06. The molecule has 82 valence electrons. The van der Waals surface area contributed by atoms with E-state index < -0.39 is 0 Å². The predicted molar refractivity (Wildman–Crippen MR) is 60.9 cm³/mol. The van der Waals surface area contributed by atoms with Crippen LogP contribution in [0.3, 0.4) is 0 Å². The summed E-state index contributed by atoms with van der Waals surface area (Å²) in [6, 6.07) is 10.4. The summed E-state index contributed by atoms with van der Waals surface area (Å²) < 4.78 is 5.56. The van der Waals surface area contributed by atoms with Crippen LogP contribution in [0, 0.1) is 5.92 Å². The Kier molecular flexibility index (Phi) is 2.28. The molecule has 1 aliphatic carbocycles. The molecule has 0 radical (unpaired) electrons. The molecule has 2 nitrogen and oxygen atoms in total. The van der Waals surface area contributed by atoms with Crippen LogP contribution in [0.4, 0.5) is 0 Å². The van der Waals surface area contributed by atoms with Gasteiger partial charge in [0.1, 0.15) is 5.76 Å². The van der Waals surface area contributed by atoms with Crippen LogP contribution >= 0.6 is 0 Å². The highest BCUT2D eigenvalue weighted by atomic mass is 16.5. The van der Waals surface area contributed by atoms with Gasteiger partial charge in [-0.2, -0.15) is 0 Å². The van der Waals surface area contributed by atoms with Gasteiger partial charge in [0.15, 0.2) is 5.78 Å². The Morgan fingerprint density at radius 1 is 1.12 bits per heavy atom. The Labute approximate surface area is 94.9 Å². The average molecular weight is 214 g/mol. The van der Waals surface area contributed by atoms with Gasteiger partial charge in [-0.3, -0.25) is 4.79 Å². The number of hydrogen-bond donors (Lipinski definition) is 0. The van der Waals surface area contributed by atoms with Crippen LogP contribution in [-0.2, 0) is 9.53 Å². The fourth-order valence-corrected chi connectivity index (χ4v) is 2.74. The molecule has 0 amide bonds. The fraction of sp³-hybridized carbons (Fsp3) is 0.357. The van der Waals surface area contributed by atoms with E-state index in [-0.39, 0.29) is 11.7 Å². The van der Waals surface area contributed by atoms with E-state index in [0.717, 1.165) is 18.8 Å². The molecule has 2 atom stereocenters. The van der Waals surface area contributed by atoms with E-state index in [1.54, 1.807) is 6.08 Å². The van der Waals surface area contributed by atoms with Gasteiger partial charge in [-0.25, -0.2) is 0 Å². The van der Waals surface area contributed by atoms with Crippen molar-refractivity contribution in [3.8, 4) is 0 Å². The monoisotopic (exact) mass is 214 g/mol. The minimum Gasteiger partial charge on any atom is -0.497 e. The third-order valence-electron chi connectivity index (χ3n) is 3.50. The lowest BCUT2D eigenvalue weighted by atomic mass is 9.81. The maximum Gasteiger partial charge on any atom is 0.159 e. The van der Waals surface area contributed by atoms with Crippen molar-refractivity contribution in [1.29, 1.82) is 0 Å². The highest BCUT2D eigenvalue weighted by molar-refractivity contribution is 5.93. The summed E-state index contributed by atoms with van der Waals surface area (Å²) in [5, 5.41) is 0. The Morgan fingerprint density at radius 2 is 1.94 bits per heavy atom.